The van der Waals surface area contributed by atoms with Gasteiger partial charge in [0.05, 0.1) is 10.5 Å². The highest BCUT2D eigenvalue weighted by molar-refractivity contribution is 6.37. The Morgan fingerprint density at radius 1 is 1.35 bits per heavy atom. The van der Waals surface area contributed by atoms with Gasteiger partial charge in [0.15, 0.2) is 0 Å². The van der Waals surface area contributed by atoms with Gasteiger partial charge in [-0.2, -0.15) is 0 Å². The molecule has 2 heterocycles. The van der Waals surface area contributed by atoms with Crippen LogP contribution in [0.15, 0.2) is 27.5 Å². The summed E-state index contributed by atoms with van der Waals surface area (Å²) in [6, 6.07) is 5.60. The van der Waals surface area contributed by atoms with Crippen molar-refractivity contribution in [2.24, 2.45) is 0 Å². The number of aryl methyl sites for hydroxylation is 1. The summed E-state index contributed by atoms with van der Waals surface area (Å²) in [5, 5.41) is 8.83. The molecule has 136 valence electrons. The van der Waals surface area contributed by atoms with Gasteiger partial charge in [-0.05, 0) is 44.7 Å². The fraction of sp³-hybridized carbons (Fsp3) is 0.421. The number of hydrogen-bond acceptors (Lipinski definition) is 4. The SMILES string of the molecule is CC(=O)NC1CCCC(n2c(=O)c3c(C)onc3c3c(Cl)cccc32)C1. The molecule has 2 unspecified atom stereocenters. The predicted octanol–water partition coefficient (Wildman–Crippen LogP) is 3.72. The summed E-state index contributed by atoms with van der Waals surface area (Å²) < 4.78 is 7.12. The minimum Gasteiger partial charge on any atom is -0.360 e. The Morgan fingerprint density at radius 3 is 2.92 bits per heavy atom. The normalized spacial score (nSPS) is 20.6. The van der Waals surface area contributed by atoms with Crippen LogP contribution in [0.2, 0.25) is 5.02 Å². The van der Waals surface area contributed by atoms with Crippen LogP contribution in [0.5, 0.6) is 0 Å². The number of fused-ring (bicyclic) bond motifs is 3. The molecule has 1 amide bonds. The summed E-state index contributed by atoms with van der Waals surface area (Å²) in [7, 11) is 0. The first-order valence-corrected chi connectivity index (χ1v) is 9.21. The highest BCUT2D eigenvalue weighted by atomic mass is 35.5. The number of carbonyl (C=O) groups excluding carboxylic acids is 1. The predicted molar refractivity (Wildman–Crippen MR) is 101 cm³/mol. The molecule has 1 N–H and O–H groups in total. The first kappa shape index (κ1) is 17.1. The molecule has 2 atom stereocenters. The van der Waals surface area contributed by atoms with Crippen molar-refractivity contribution in [3.8, 4) is 0 Å². The monoisotopic (exact) mass is 373 g/mol. The lowest BCUT2D eigenvalue weighted by atomic mass is 9.90. The Kier molecular flexibility index (Phi) is 4.23. The number of rotatable bonds is 2. The van der Waals surface area contributed by atoms with Gasteiger partial charge in [0.2, 0.25) is 5.91 Å². The zero-order valence-corrected chi connectivity index (χ0v) is 15.5. The van der Waals surface area contributed by atoms with Crippen LogP contribution >= 0.6 is 11.6 Å². The Hall–Kier alpha value is -2.34. The van der Waals surface area contributed by atoms with Crippen molar-refractivity contribution in [2.45, 2.75) is 51.6 Å². The molecule has 2 aromatic heterocycles. The summed E-state index contributed by atoms with van der Waals surface area (Å²) in [6.07, 6.45) is 3.48. The van der Waals surface area contributed by atoms with E-state index in [0.29, 0.717) is 21.7 Å². The number of hydrogen-bond donors (Lipinski definition) is 1. The quantitative estimate of drug-likeness (QED) is 0.742. The van der Waals surface area contributed by atoms with E-state index in [1.54, 1.807) is 13.0 Å². The Labute approximate surface area is 155 Å². The molecule has 1 fully saturated rings. The lowest BCUT2D eigenvalue weighted by Crippen LogP contribution is -2.39. The van der Waals surface area contributed by atoms with E-state index in [1.165, 1.54) is 6.92 Å². The Bertz CT molecular complexity index is 1070. The first-order valence-electron chi connectivity index (χ1n) is 8.83. The molecule has 1 aliphatic carbocycles. The van der Waals surface area contributed by atoms with Crippen LogP contribution in [0, 0.1) is 6.92 Å². The summed E-state index contributed by atoms with van der Waals surface area (Å²) in [6.45, 7) is 3.27. The Morgan fingerprint density at radius 2 is 2.15 bits per heavy atom. The van der Waals surface area contributed by atoms with Crippen LogP contribution in [0.1, 0.15) is 44.4 Å². The van der Waals surface area contributed by atoms with E-state index in [2.05, 4.69) is 10.5 Å². The van der Waals surface area contributed by atoms with Crippen molar-refractivity contribution < 1.29 is 9.32 Å². The third kappa shape index (κ3) is 2.69. The van der Waals surface area contributed by atoms with Crippen molar-refractivity contribution in [1.82, 2.24) is 15.0 Å². The van der Waals surface area contributed by atoms with Gasteiger partial charge in [-0.25, -0.2) is 0 Å². The van der Waals surface area contributed by atoms with E-state index in [0.717, 1.165) is 36.6 Å². The minimum absolute atomic E-state index is 0.00670. The van der Waals surface area contributed by atoms with E-state index in [4.69, 9.17) is 16.1 Å². The molecule has 0 saturated heterocycles. The maximum Gasteiger partial charge on any atom is 0.264 e. The third-order valence-electron chi connectivity index (χ3n) is 5.20. The van der Waals surface area contributed by atoms with Crippen LogP contribution in [0.3, 0.4) is 0 Å². The van der Waals surface area contributed by atoms with Gasteiger partial charge >= 0.3 is 0 Å². The zero-order valence-electron chi connectivity index (χ0n) is 14.7. The van der Waals surface area contributed by atoms with Crippen LogP contribution in [-0.2, 0) is 4.79 Å². The second kappa shape index (κ2) is 6.43. The molecule has 1 saturated carbocycles. The van der Waals surface area contributed by atoms with Gasteiger partial charge in [0.25, 0.3) is 5.56 Å². The molecule has 26 heavy (non-hydrogen) atoms. The third-order valence-corrected chi connectivity index (χ3v) is 5.52. The second-order valence-electron chi connectivity index (χ2n) is 6.99. The molecule has 1 aliphatic rings. The van der Waals surface area contributed by atoms with E-state index >= 15 is 0 Å². The number of nitrogens with zero attached hydrogens (tertiary/aromatic N) is 2. The molecule has 0 radical (unpaired) electrons. The average Bonchev–Trinajstić information content (AvgIpc) is 2.97. The second-order valence-corrected chi connectivity index (χ2v) is 7.40. The molecular weight excluding hydrogens is 354 g/mol. The molecule has 0 bridgehead atoms. The number of nitrogens with one attached hydrogen (secondary N) is 1. The van der Waals surface area contributed by atoms with Crippen molar-refractivity contribution in [3.05, 3.63) is 39.3 Å². The fourth-order valence-corrected chi connectivity index (χ4v) is 4.41. The van der Waals surface area contributed by atoms with Crippen molar-refractivity contribution in [2.75, 3.05) is 0 Å². The minimum atomic E-state index is -0.109. The molecule has 0 aliphatic heterocycles. The van der Waals surface area contributed by atoms with Gasteiger partial charge < -0.3 is 14.4 Å². The zero-order chi connectivity index (χ0) is 18.4. The van der Waals surface area contributed by atoms with Crippen LogP contribution < -0.4 is 10.9 Å². The van der Waals surface area contributed by atoms with Crippen molar-refractivity contribution in [1.29, 1.82) is 0 Å². The van der Waals surface area contributed by atoms with Crippen LogP contribution in [-0.4, -0.2) is 21.7 Å². The van der Waals surface area contributed by atoms with Crippen LogP contribution in [0.4, 0.5) is 0 Å². The molecule has 6 nitrogen and oxygen atoms in total. The molecule has 7 heteroatoms. The van der Waals surface area contributed by atoms with Crippen molar-refractivity contribution in [3.63, 3.8) is 0 Å². The highest BCUT2D eigenvalue weighted by Gasteiger charge is 2.28. The molecule has 0 spiro atoms. The summed E-state index contributed by atoms with van der Waals surface area (Å²) in [5.74, 6) is 0.455. The lowest BCUT2D eigenvalue weighted by Gasteiger charge is -2.31. The molecule has 3 aromatic rings. The van der Waals surface area contributed by atoms with E-state index in [9.17, 15) is 9.59 Å². The Balaban J connectivity index is 1.95. The molecular formula is C19H20ClN3O3. The number of amides is 1. The fourth-order valence-electron chi connectivity index (χ4n) is 4.15. The standard InChI is InChI=1S/C19H20ClN3O3/c1-10-16-18(22-26-10)17-14(20)7-4-8-15(17)23(19(16)25)13-6-3-5-12(9-13)21-11(2)24/h4,7-8,12-13H,3,5-6,9H2,1-2H3,(H,21,24). The van der Waals surface area contributed by atoms with Gasteiger partial charge in [-0.3, -0.25) is 9.59 Å². The molecule has 4 rings (SSSR count). The van der Waals surface area contributed by atoms with Gasteiger partial charge in [-0.15, -0.1) is 0 Å². The van der Waals surface area contributed by atoms with Crippen LogP contribution in [0.25, 0.3) is 21.8 Å². The maximum atomic E-state index is 13.3. The average molecular weight is 374 g/mol. The van der Waals surface area contributed by atoms with E-state index in [1.807, 2.05) is 16.7 Å². The summed E-state index contributed by atoms with van der Waals surface area (Å²) in [5.41, 5.74) is 1.16. The topological polar surface area (TPSA) is 77.1 Å². The maximum absolute atomic E-state index is 13.3. The number of pyridine rings is 1. The van der Waals surface area contributed by atoms with E-state index < -0.39 is 0 Å². The summed E-state index contributed by atoms with van der Waals surface area (Å²) in [4.78, 5) is 24.7. The van der Waals surface area contributed by atoms with Crippen molar-refractivity contribution >= 4 is 39.3 Å². The first-order chi connectivity index (χ1) is 12.5. The summed E-state index contributed by atoms with van der Waals surface area (Å²) >= 11 is 6.45. The van der Waals surface area contributed by atoms with Gasteiger partial charge in [0, 0.05) is 24.4 Å². The largest absolute Gasteiger partial charge is 0.360 e. The molecule has 1 aromatic carbocycles. The van der Waals surface area contributed by atoms with Gasteiger partial charge in [-0.1, -0.05) is 22.8 Å². The number of carbonyl (C=O) groups is 1. The van der Waals surface area contributed by atoms with E-state index in [-0.39, 0.29) is 23.6 Å². The number of halogens is 1. The highest BCUT2D eigenvalue weighted by Crippen LogP contribution is 2.35. The van der Waals surface area contributed by atoms with Gasteiger partial charge in [0.1, 0.15) is 16.7 Å². The lowest BCUT2D eigenvalue weighted by molar-refractivity contribution is -0.119. The number of benzene rings is 1. The number of aromatic nitrogens is 2. The smallest absolute Gasteiger partial charge is 0.264 e.